The van der Waals surface area contributed by atoms with Crippen molar-refractivity contribution in [3.05, 3.63) is 82.4 Å². The minimum Gasteiger partial charge on any atom is -0.448 e. The van der Waals surface area contributed by atoms with Gasteiger partial charge in [0.25, 0.3) is 17.4 Å². The zero-order valence-corrected chi connectivity index (χ0v) is 19.1. The van der Waals surface area contributed by atoms with Gasteiger partial charge in [-0.2, -0.15) is 8.42 Å². The van der Waals surface area contributed by atoms with E-state index in [1.807, 2.05) is 0 Å². The van der Waals surface area contributed by atoms with Gasteiger partial charge in [-0.25, -0.2) is 0 Å². The molecule has 0 aromatic heterocycles. The maximum Gasteiger partial charge on any atom is 0.339 e. The Balaban J connectivity index is 1.25. The van der Waals surface area contributed by atoms with Crippen LogP contribution < -0.4 is 19.0 Å². The van der Waals surface area contributed by atoms with E-state index in [9.17, 15) is 23.3 Å². The zero-order chi connectivity index (χ0) is 24.6. The lowest BCUT2D eigenvalue weighted by Crippen LogP contribution is -2.34. The van der Waals surface area contributed by atoms with Crippen molar-refractivity contribution < 1.29 is 31.8 Å². The number of nitro benzene ring substituents is 1. The lowest BCUT2D eigenvalue weighted by Gasteiger charge is -2.21. The average molecular weight is 496 g/mol. The molecule has 1 aliphatic carbocycles. The van der Waals surface area contributed by atoms with Gasteiger partial charge in [-0.1, -0.05) is 6.07 Å². The first-order valence-corrected chi connectivity index (χ1v) is 12.3. The van der Waals surface area contributed by atoms with Gasteiger partial charge in [-0.15, -0.1) is 0 Å². The molecule has 1 N–H and O–H groups in total. The predicted molar refractivity (Wildman–Crippen MR) is 124 cm³/mol. The first-order valence-electron chi connectivity index (χ1n) is 10.9. The molecule has 11 heteroatoms. The van der Waals surface area contributed by atoms with Gasteiger partial charge in [-0.3, -0.25) is 14.9 Å². The third-order valence-electron chi connectivity index (χ3n) is 5.80. The number of non-ortho nitro benzene ring substituents is 1. The van der Waals surface area contributed by atoms with Gasteiger partial charge in [0.15, 0.2) is 11.5 Å². The van der Waals surface area contributed by atoms with Gasteiger partial charge in [0.1, 0.15) is 10.6 Å². The van der Waals surface area contributed by atoms with Crippen LogP contribution in [-0.2, 0) is 10.1 Å². The van der Waals surface area contributed by atoms with Crippen LogP contribution in [0.2, 0.25) is 0 Å². The number of amides is 1. The minimum atomic E-state index is -4.30. The molecule has 10 nitrogen and oxygen atoms in total. The largest absolute Gasteiger partial charge is 0.448 e. The zero-order valence-electron chi connectivity index (χ0n) is 18.3. The predicted octanol–water partition coefficient (Wildman–Crippen LogP) is 4.66. The molecular weight excluding hydrogens is 476 g/mol. The number of nitrogens with zero attached hydrogens (tertiary/aromatic N) is 1. The van der Waals surface area contributed by atoms with Crippen LogP contribution in [0.5, 0.6) is 17.2 Å². The first kappa shape index (κ1) is 22.7. The quantitative estimate of drug-likeness (QED) is 0.296. The van der Waals surface area contributed by atoms with E-state index in [0.717, 1.165) is 31.7 Å². The molecule has 180 valence electrons. The number of nitrogens with one attached hydrogen (secondary N) is 1. The Bertz CT molecular complexity index is 1410. The number of fused-ring (bicyclic) bond motifs is 1. The summed E-state index contributed by atoms with van der Waals surface area (Å²) in [6.45, 7) is 0. The topological polar surface area (TPSA) is 134 Å². The molecule has 1 fully saturated rings. The number of carbonyl (C=O) groups excluding carboxylic acids is 1. The van der Waals surface area contributed by atoms with Crippen LogP contribution in [0.25, 0.3) is 0 Å². The second kappa shape index (κ2) is 8.58. The van der Waals surface area contributed by atoms with Crippen molar-refractivity contribution in [2.45, 2.75) is 36.4 Å². The highest BCUT2D eigenvalue weighted by Crippen LogP contribution is 2.47. The first-order chi connectivity index (χ1) is 16.7. The van der Waals surface area contributed by atoms with Crippen molar-refractivity contribution >= 4 is 27.4 Å². The molecule has 0 radical (unpaired) electrons. The van der Waals surface area contributed by atoms with Crippen LogP contribution in [0.4, 0.5) is 11.4 Å². The van der Waals surface area contributed by atoms with Crippen LogP contribution in [-0.4, -0.2) is 25.0 Å². The summed E-state index contributed by atoms with van der Waals surface area (Å²) in [6, 6.07) is 15.2. The Kier molecular flexibility index (Phi) is 5.56. The van der Waals surface area contributed by atoms with E-state index in [1.165, 1.54) is 42.5 Å². The summed E-state index contributed by atoms with van der Waals surface area (Å²) in [5, 5.41) is 13.7. The van der Waals surface area contributed by atoms with E-state index >= 15 is 0 Å². The minimum absolute atomic E-state index is 0.0435. The smallest absolute Gasteiger partial charge is 0.339 e. The standard InChI is InChI=1S/C24H20N2O8S/c27-23(25-17-8-11-21-22(14-17)33-24(32-21)12-1-2-13-24)16-6-9-19(10-7-16)34-35(30,31)20-5-3-4-18(15-20)26(28)29/h3-11,14-15H,1-2,12-13H2,(H,25,27). The van der Waals surface area contributed by atoms with Gasteiger partial charge in [-0.05, 0) is 55.3 Å². The maximum absolute atomic E-state index is 12.7. The molecule has 2 aliphatic rings. The summed E-state index contributed by atoms with van der Waals surface area (Å²) in [7, 11) is -4.30. The SMILES string of the molecule is O=C(Nc1ccc2c(c1)OC1(CCCC1)O2)c1ccc(OS(=O)(=O)c2cccc([N+](=O)[O-])c2)cc1. The van der Waals surface area contributed by atoms with Crippen LogP contribution in [0.3, 0.4) is 0 Å². The summed E-state index contributed by atoms with van der Waals surface area (Å²) in [6.07, 6.45) is 3.75. The number of ether oxygens (including phenoxy) is 2. The van der Waals surface area contributed by atoms with Gasteiger partial charge in [0.2, 0.25) is 0 Å². The molecular formula is C24H20N2O8S. The van der Waals surface area contributed by atoms with E-state index < -0.39 is 26.7 Å². The number of hydrogen-bond donors (Lipinski definition) is 1. The normalized spacial score (nSPS) is 15.7. The molecule has 3 aromatic carbocycles. The summed E-state index contributed by atoms with van der Waals surface area (Å²) in [5.74, 6) is 0.188. The lowest BCUT2D eigenvalue weighted by molar-refractivity contribution is -0.385. The highest BCUT2D eigenvalue weighted by molar-refractivity contribution is 7.87. The van der Waals surface area contributed by atoms with E-state index in [4.69, 9.17) is 13.7 Å². The summed E-state index contributed by atoms with van der Waals surface area (Å²) >= 11 is 0. The van der Waals surface area contributed by atoms with E-state index in [1.54, 1.807) is 18.2 Å². The average Bonchev–Trinajstić information content (AvgIpc) is 3.44. The van der Waals surface area contributed by atoms with E-state index in [2.05, 4.69) is 5.32 Å². The van der Waals surface area contributed by atoms with Crippen molar-refractivity contribution in [2.24, 2.45) is 0 Å². The Morgan fingerprint density at radius 1 is 0.971 bits per heavy atom. The van der Waals surface area contributed by atoms with E-state index in [-0.39, 0.29) is 21.9 Å². The number of carbonyl (C=O) groups is 1. The third-order valence-corrected chi connectivity index (χ3v) is 7.04. The number of benzene rings is 3. The van der Waals surface area contributed by atoms with Crippen molar-refractivity contribution in [3.63, 3.8) is 0 Å². The summed E-state index contributed by atoms with van der Waals surface area (Å²) < 4.78 is 42.0. The van der Waals surface area contributed by atoms with Crippen molar-refractivity contribution in [1.29, 1.82) is 0 Å². The second-order valence-corrected chi connectivity index (χ2v) is 9.80. The molecule has 5 rings (SSSR count). The second-order valence-electron chi connectivity index (χ2n) is 8.25. The highest BCUT2D eigenvalue weighted by atomic mass is 32.2. The van der Waals surface area contributed by atoms with Gasteiger partial charge >= 0.3 is 10.1 Å². The number of hydrogen-bond acceptors (Lipinski definition) is 8. The molecule has 0 bridgehead atoms. The monoisotopic (exact) mass is 496 g/mol. The van der Waals surface area contributed by atoms with Crippen molar-refractivity contribution in [2.75, 3.05) is 5.32 Å². The van der Waals surface area contributed by atoms with Crippen LogP contribution in [0.15, 0.2) is 71.6 Å². The Morgan fingerprint density at radius 2 is 1.69 bits per heavy atom. The number of anilines is 1. The molecule has 1 amide bonds. The molecule has 3 aromatic rings. The molecule has 0 saturated heterocycles. The lowest BCUT2D eigenvalue weighted by atomic mass is 10.2. The number of nitro groups is 1. The fraction of sp³-hybridized carbons (Fsp3) is 0.208. The Morgan fingerprint density at radius 3 is 2.40 bits per heavy atom. The molecule has 35 heavy (non-hydrogen) atoms. The Labute approximate surface area is 200 Å². The third kappa shape index (κ3) is 4.62. The molecule has 0 atom stereocenters. The van der Waals surface area contributed by atoms with Crippen LogP contribution >= 0.6 is 0 Å². The highest BCUT2D eigenvalue weighted by Gasteiger charge is 2.44. The number of rotatable bonds is 6. The van der Waals surface area contributed by atoms with Crippen molar-refractivity contribution in [1.82, 2.24) is 0 Å². The van der Waals surface area contributed by atoms with Crippen LogP contribution in [0.1, 0.15) is 36.0 Å². The maximum atomic E-state index is 12.7. The van der Waals surface area contributed by atoms with Gasteiger partial charge < -0.3 is 19.0 Å². The molecule has 1 saturated carbocycles. The Hall–Kier alpha value is -4.12. The summed E-state index contributed by atoms with van der Waals surface area (Å²) in [4.78, 5) is 22.5. The van der Waals surface area contributed by atoms with E-state index in [0.29, 0.717) is 17.2 Å². The molecule has 0 unspecified atom stereocenters. The van der Waals surface area contributed by atoms with Gasteiger partial charge in [0, 0.05) is 42.3 Å². The summed E-state index contributed by atoms with van der Waals surface area (Å²) in [5.41, 5.74) is 0.430. The fourth-order valence-electron chi connectivity index (χ4n) is 4.08. The van der Waals surface area contributed by atoms with Gasteiger partial charge in [0.05, 0.1) is 4.92 Å². The van der Waals surface area contributed by atoms with Crippen molar-refractivity contribution in [3.8, 4) is 17.2 Å². The molecule has 1 heterocycles. The molecule has 1 spiro atoms. The fourth-order valence-corrected chi connectivity index (χ4v) is 5.05. The van der Waals surface area contributed by atoms with Crippen LogP contribution in [0, 0.1) is 10.1 Å². The molecule has 1 aliphatic heterocycles.